The third-order valence-corrected chi connectivity index (χ3v) is 3.81. The van der Waals surface area contributed by atoms with Gasteiger partial charge in [0.25, 0.3) is 0 Å². The van der Waals surface area contributed by atoms with E-state index in [2.05, 4.69) is 29.6 Å². The summed E-state index contributed by atoms with van der Waals surface area (Å²) in [5, 5.41) is 3.17. The van der Waals surface area contributed by atoms with Crippen LogP contribution in [0.15, 0.2) is 30.3 Å². The van der Waals surface area contributed by atoms with Crippen LogP contribution in [-0.4, -0.2) is 24.7 Å². The molecule has 0 aromatic heterocycles. The Labute approximate surface area is 108 Å². The quantitative estimate of drug-likeness (QED) is 0.860. The monoisotopic (exact) mass is 245 g/mol. The first-order valence-corrected chi connectivity index (χ1v) is 6.79. The largest absolute Gasteiger partial charge is 0.368 e. The molecule has 1 saturated heterocycles. The minimum Gasteiger partial charge on any atom is -0.368 e. The van der Waals surface area contributed by atoms with E-state index in [0.29, 0.717) is 5.92 Å². The molecule has 2 aliphatic rings. The molecule has 0 bridgehead atoms. The van der Waals surface area contributed by atoms with Crippen molar-refractivity contribution in [3.8, 4) is 0 Å². The van der Waals surface area contributed by atoms with E-state index in [4.69, 9.17) is 4.74 Å². The third kappa shape index (κ3) is 2.72. The van der Waals surface area contributed by atoms with Gasteiger partial charge in [-0.2, -0.15) is 0 Å². The summed E-state index contributed by atoms with van der Waals surface area (Å²) in [7, 11) is 0. The minimum absolute atomic E-state index is 0.0779. The van der Waals surface area contributed by atoms with Gasteiger partial charge < -0.3 is 10.1 Å². The lowest BCUT2D eigenvalue weighted by Crippen LogP contribution is -2.48. The van der Waals surface area contributed by atoms with Crippen molar-refractivity contribution in [1.29, 1.82) is 0 Å². The molecule has 1 aliphatic carbocycles. The standard InChI is InChI=1S/C15H19NO2/c17-15(14-8-9-18-14)16-13(12-6-7-12)10-11-4-2-1-3-5-11/h1-5,12-14H,6-10H2,(H,16,17)/t13-,14-/m1/s1. The van der Waals surface area contributed by atoms with Crippen LogP contribution < -0.4 is 5.32 Å². The average molecular weight is 245 g/mol. The zero-order valence-corrected chi connectivity index (χ0v) is 10.5. The lowest BCUT2D eigenvalue weighted by atomic mass is 10.0. The number of amides is 1. The molecule has 1 aromatic carbocycles. The number of rotatable bonds is 5. The number of ether oxygens (including phenoxy) is 1. The highest BCUT2D eigenvalue weighted by molar-refractivity contribution is 5.81. The first-order valence-electron chi connectivity index (χ1n) is 6.79. The normalized spacial score (nSPS) is 24.1. The number of carbonyl (C=O) groups is 1. The lowest BCUT2D eigenvalue weighted by molar-refractivity contribution is -0.145. The Morgan fingerprint density at radius 3 is 2.56 bits per heavy atom. The van der Waals surface area contributed by atoms with Crippen LogP contribution in [0.3, 0.4) is 0 Å². The van der Waals surface area contributed by atoms with Crippen molar-refractivity contribution < 1.29 is 9.53 Å². The summed E-state index contributed by atoms with van der Waals surface area (Å²) in [5.74, 6) is 0.739. The molecular weight excluding hydrogens is 226 g/mol. The smallest absolute Gasteiger partial charge is 0.249 e. The highest BCUT2D eigenvalue weighted by Gasteiger charge is 2.35. The first kappa shape index (κ1) is 11.7. The van der Waals surface area contributed by atoms with Gasteiger partial charge in [-0.15, -0.1) is 0 Å². The molecule has 96 valence electrons. The average Bonchev–Trinajstić information content (AvgIpc) is 3.11. The van der Waals surface area contributed by atoms with E-state index in [9.17, 15) is 4.79 Å². The summed E-state index contributed by atoms with van der Waals surface area (Å²) in [6.45, 7) is 0.727. The van der Waals surface area contributed by atoms with Crippen molar-refractivity contribution >= 4 is 5.91 Å². The summed E-state index contributed by atoms with van der Waals surface area (Å²) in [4.78, 5) is 11.9. The van der Waals surface area contributed by atoms with Crippen LogP contribution in [-0.2, 0) is 16.0 Å². The second kappa shape index (κ2) is 5.11. The maximum absolute atomic E-state index is 11.9. The van der Waals surface area contributed by atoms with Gasteiger partial charge in [-0.1, -0.05) is 30.3 Å². The van der Waals surface area contributed by atoms with Crippen LogP contribution in [0.1, 0.15) is 24.8 Å². The molecule has 1 amide bonds. The highest BCUT2D eigenvalue weighted by atomic mass is 16.5. The van der Waals surface area contributed by atoms with Crippen molar-refractivity contribution in [2.75, 3.05) is 6.61 Å². The Morgan fingerprint density at radius 1 is 1.28 bits per heavy atom. The molecule has 0 radical (unpaired) electrons. The number of hydrogen-bond donors (Lipinski definition) is 1. The van der Waals surface area contributed by atoms with Gasteiger partial charge in [-0.3, -0.25) is 4.79 Å². The SMILES string of the molecule is O=C(N[C@H](Cc1ccccc1)C1CC1)[C@H]1CCO1. The molecule has 2 fully saturated rings. The van der Waals surface area contributed by atoms with Gasteiger partial charge in [0, 0.05) is 12.5 Å². The van der Waals surface area contributed by atoms with Gasteiger partial charge in [0.05, 0.1) is 6.61 Å². The molecule has 1 saturated carbocycles. The van der Waals surface area contributed by atoms with Crippen LogP contribution in [0, 0.1) is 5.92 Å². The molecule has 1 heterocycles. The molecule has 0 unspecified atom stereocenters. The fraction of sp³-hybridized carbons (Fsp3) is 0.533. The van der Waals surface area contributed by atoms with Gasteiger partial charge in [-0.05, 0) is 30.7 Å². The molecule has 1 aliphatic heterocycles. The maximum Gasteiger partial charge on any atom is 0.249 e. The molecule has 1 N–H and O–H groups in total. The van der Waals surface area contributed by atoms with Gasteiger partial charge >= 0.3 is 0 Å². The second-order valence-electron chi connectivity index (χ2n) is 5.29. The van der Waals surface area contributed by atoms with E-state index in [1.807, 2.05) is 6.07 Å². The Kier molecular flexibility index (Phi) is 3.33. The van der Waals surface area contributed by atoms with E-state index < -0.39 is 0 Å². The summed E-state index contributed by atoms with van der Waals surface area (Å²) >= 11 is 0. The summed E-state index contributed by atoms with van der Waals surface area (Å²) < 4.78 is 5.23. The van der Waals surface area contributed by atoms with Crippen LogP contribution >= 0.6 is 0 Å². The molecule has 2 atom stereocenters. The summed E-state index contributed by atoms with van der Waals surface area (Å²) in [6, 6.07) is 10.7. The zero-order chi connectivity index (χ0) is 12.4. The Balaban J connectivity index is 1.59. The van der Waals surface area contributed by atoms with Crippen molar-refractivity contribution in [2.24, 2.45) is 5.92 Å². The number of carbonyl (C=O) groups excluding carboxylic acids is 1. The van der Waals surface area contributed by atoms with E-state index in [0.717, 1.165) is 19.4 Å². The van der Waals surface area contributed by atoms with Crippen molar-refractivity contribution in [3.05, 3.63) is 35.9 Å². The Bertz CT molecular complexity index is 410. The molecule has 3 rings (SSSR count). The predicted molar refractivity (Wildman–Crippen MR) is 69.2 cm³/mol. The third-order valence-electron chi connectivity index (χ3n) is 3.81. The van der Waals surface area contributed by atoms with E-state index >= 15 is 0 Å². The topological polar surface area (TPSA) is 38.3 Å². The van der Waals surface area contributed by atoms with Gasteiger partial charge in [0.15, 0.2) is 0 Å². The number of hydrogen-bond acceptors (Lipinski definition) is 2. The van der Waals surface area contributed by atoms with E-state index in [1.165, 1.54) is 18.4 Å². The lowest BCUT2D eigenvalue weighted by Gasteiger charge is -2.28. The summed E-state index contributed by atoms with van der Waals surface area (Å²) in [5.41, 5.74) is 1.30. The summed E-state index contributed by atoms with van der Waals surface area (Å²) in [6.07, 6.45) is 4.09. The van der Waals surface area contributed by atoms with Crippen LogP contribution in [0.25, 0.3) is 0 Å². The number of nitrogens with one attached hydrogen (secondary N) is 1. The van der Waals surface area contributed by atoms with E-state index in [1.54, 1.807) is 0 Å². The Morgan fingerprint density at radius 2 is 2.00 bits per heavy atom. The number of benzene rings is 1. The fourth-order valence-electron chi connectivity index (χ4n) is 2.42. The zero-order valence-electron chi connectivity index (χ0n) is 10.5. The second-order valence-corrected chi connectivity index (χ2v) is 5.29. The van der Waals surface area contributed by atoms with Crippen molar-refractivity contribution in [3.63, 3.8) is 0 Å². The predicted octanol–water partition coefficient (Wildman–Crippen LogP) is 1.91. The molecule has 3 nitrogen and oxygen atoms in total. The first-order chi connectivity index (χ1) is 8.83. The van der Waals surface area contributed by atoms with Gasteiger partial charge in [0.2, 0.25) is 5.91 Å². The molecule has 3 heteroatoms. The van der Waals surface area contributed by atoms with Crippen molar-refractivity contribution in [2.45, 2.75) is 37.8 Å². The van der Waals surface area contributed by atoms with Crippen LogP contribution in [0.5, 0.6) is 0 Å². The van der Waals surface area contributed by atoms with Gasteiger partial charge in [0.1, 0.15) is 6.10 Å². The van der Waals surface area contributed by atoms with E-state index in [-0.39, 0.29) is 18.1 Å². The van der Waals surface area contributed by atoms with Crippen LogP contribution in [0.2, 0.25) is 0 Å². The molecule has 1 aromatic rings. The molecule has 0 spiro atoms. The highest BCUT2D eigenvalue weighted by Crippen LogP contribution is 2.34. The fourth-order valence-corrected chi connectivity index (χ4v) is 2.42. The molecule has 18 heavy (non-hydrogen) atoms. The molecular formula is C15H19NO2. The van der Waals surface area contributed by atoms with Crippen LogP contribution in [0.4, 0.5) is 0 Å². The Hall–Kier alpha value is -1.35. The maximum atomic E-state index is 11.9. The van der Waals surface area contributed by atoms with Crippen molar-refractivity contribution in [1.82, 2.24) is 5.32 Å². The van der Waals surface area contributed by atoms with Gasteiger partial charge in [-0.25, -0.2) is 0 Å². The minimum atomic E-state index is -0.193.